The van der Waals surface area contributed by atoms with Crippen LogP contribution < -0.4 is 14.4 Å². The molecule has 1 aliphatic rings. The fourth-order valence-corrected chi connectivity index (χ4v) is 4.22. The van der Waals surface area contributed by atoms with Crippen LogP contribution in [0, 0.1) is 6.92 Å². The lowest BCUT2D eigenvalue weighted by Gasteiger charge is -2.26. The number of ketones is 1. The Bertz CT molecular complexity index is 1350. The Kier molecular flexibility index (Phi) is 6.71. The number of aliphatic hydroxyl groups excluding tert-OH is 1. The summed E-state index contributed by atoms with van der Waals surface area (Å²) in [5, 5.41) is 21.9. The number of rotatable bonds is 6. The number of benzene rings is 3. The van der Waals surface area contributed by atoms with Crippen molar-refractivity contribution in [1.82, 2.24) is 0 Å². The van der Waals surface area contributed by atoms with E-state index in [1.54, 1.807) is 61.5 Å². The first-order valence-corrected chi connectivity index (χ1v) is 11.3. The summed E-state index contributed by atoms with van der Waals surface area (Å²) in [5.74, 6) is -1.42. The van der Waals surface area contributed by atoms with Crippen LogP contribution in [0.15, 0.2) is 66.2 Å². The maximum Gasteiger partial charge on any atom is 0.300 e. The molecule has 0 radical (unpaired) electrons. The van der Waals surface area contributed by atoms with Crippen LogP contribution in [0.25, 0.3) is 5.76 Å². The van der Waals surface area contributed by atoms with Crippen molar-refractivity contribution in [2.24, 2.45) is 0 Å². The normalized spacial score (nSPS) is 17.0. The lowest BCUT2D eigenvalue weighted by atomic mass is 9.94. The minimum absolute atomic E-state index is 0.0845. The number of methoxy groups -OCH3 is 1. The predicted octanol–water partition coefficient (Wildman–Crippen LogP) is 5.39. The number of anilines is 1. The van der Waals surface area contributed by atoms with Gasteiger partial charge in [0.25, 0.3) is 11.7 Å². The van der Waals surface area contributed by atoms with Gasteiger partial charge in [0, 0.05) is 16.3 Å². The highest BCUT2D eigenvalue weighted by Crippen LogP contribution is 2.44. The van der Waals surface area contributed by atoms with Gasteiger partial charge in [-0.1, -0.05) is 35.9 Å². The van der Waals surface area contributed by atoms with E-state index in [0.29, 0.717) is 34.2 Å². The molecule has 1 aliphatic heterocycles. The highest BCUT2D eigenvalue weighted by atomic mass is 35.5. The molecular weight excluding hydrogens is 470 g/mol. The second-order valence-corrected chi connectivity index (χ2v) is 8.40. The van der Waals surface area contributed by atoms with E-state index in [9.17, 15) is 19.8 Å². The summed E-state index contributed by atoms with van der Waals surface area (Å²) >= 11 is 6.33. The van der Waals surface area contributed by atoms with Gasteiger partial charge in [-0.15, -0.1) is 0 Å². The van der Waals surface area contributed by atoms with Crippen molar-refractivity contribution in [2.75, 3.05) is 18.6 Å². The molecule has 1 heterocycles. The van der Waals surface area contributed by atoms with Gasteiger partial charge in [0.05, 0.1) is 25.3 Å². The number of halogens is 1. The van der Waals surface area contributed by atoms with Crippen molar-refractivity contribution in [3.05, 3.63) is 87.9 Å². The van der Waals surface area contributed by atoms with Gasteiger partial charge in [0.1, 0.15) is 11.5 Å². The Balaban J connectivity index is 1.97. The Morgan fingerprint density at radius 1 is 1.09 bits per heavy atom. The van der Waals surface area contributed by atoms with Gasteiger partial charge >= 0.3 is 0 Å². The van der Waals surface area contributed by atoms with Crippen LogP contribution in [0.1, 0.15) is 29.7 Å². The lowest BCUT2D eigenvalue weighted by molar-refractivity contribution is -0.132. The third-order valence-corrected chi connectivity index (χ3v) is 6.23. The molecular formula is C27H24ClNO6. The average molecular weight is 494 g/mol. The van der Waals surface area contributed by atoms with E-state index < -0.39 is 17.7 Å². The number of carbonyl (C=O) groups excluding carboxylic acids is 2. The first-order valence-electron chi connectivity index (χ1n) is 10.9. The Morgan fingerprint density at radius 3 is 2.54 bits per heavy atom. The second kappa shape index (κ2) is 9.72. The van der Waals surface area contributed by atoms with Gasteiger partial charge in [0.15, 0.2) is 11.5 Å². The molecule has 7 nitrogen and oxygen atoms in total. The summed E-state index contributed by atoms with van der Waals surface area (Å²) in [4.78, 5) is 27.9. The van der Waals surface area contributed by atoms with Gasteiger partial charge in [-0.05, 0) is 61.4 Å². The quantitative estimate of drug-likeness (QED) is 0.271. The number of hydrogen-bond acceptors (Lipinski definition) is 6. The zero-order valence-corrected chi connectivity index (χ0v) is 20.2. The number of aliphatic hydroxyl groups is 1. The molecule has 0 bridgehead atoms. The Hall–Kier alpha value is -3.97. The molecule has 0 aromatic heterocycles. The summed E-state index contributed by atoms with van der Waals surface area (Å²) in [6, 6.07) is 15.2. The number of carbonyl (C=O) groups is 2. The Morgan fingerprint density at radius 2 is 1.86 bits per heavy atom. The standard InChI is InChI=1S/C27H24ClNO6/c1-4-35-22-13-16(9-11-21(22)30)24-23(25(31)17-6-5-7-19(12-17)34-3)26(32)27(33)29(24)18-10-8-15(2)20(28)14-18/h5-14,24,30-31H,4H2,1-3H3/b25-23+. The fraction of sp³-hybridized carbons (Fsp3) is 0.185. The van der Waals surface area contributed by atoms with Crippen LogP contribution in [0.2, 0.25) is 5.02 Å². The molecule has 1 saturated heterocycles. The van der Waals surface area contributed by atoms with Crippen molar-refractivity contribution >= 4 is 34.7 Å². The van der Waals surface area contributed by atoms with Crippen LogP contribution in [0.3, 0.4) is 0 Å². The van der Waals surface area contributed by atoms with Crippen molar-refractivity contribution in [1.29, 1.82) is 0 Å². The molecule has 0 aliphatic carbocycles. The number of hydrogen-bond donors (Lipinski definition) is 2. The maximum absolute atomic E-state index is 13.3. The van der Waals surface area contributed by atoms with E-state index in [2.05, 4.69) is 0 Å². The van der Waals surface area contributed by atoms with E-state index in [1.807, 2.05) is 6.92 Å². The number of aromatic hydroxyl groups is 1. The van der Waals surface area contributed by atoms with Crippen molar-refractivity contribution < 1.29 is 29.3 Å². The van der Waals surface area contributed by atoms with E-state index in [1.165, 1.54) is 18.1 Å². The molecule has 0 spiro atoms. The summed E-state index contributed by atoms with van der Waals surface area (Å²) in [5.41, 5.74) is 1.88. The number of ether oxygens (including phenoxy) is 2. The Labute approximate surface area is 207 Å². The number of amides is 1. The summed E-state index contributed by atoms with van der Waals surface area (Å²) in [6.07, 6.45) is 0. The smallest absolute Gasteiger partial charge is 0.300 e. The van der Waals surface area contributed by atoms with Crippen LogP contribution in [0.5, 0.6) is 17.2 Å². The number of phenolic OH excluding ortho intramolecular Hbond substituents is 1. The molecule has 0 saturated carbocycles. The van der Waals surface area contributed by atoms with Gasteiger partial charge in [-0.2, -0.15) is 0 Å². The van der Waals surface area contributed by atoms with Crippen molar-refractivity contribution in [3.8, 4) is 17.2 Å². The van der Waals surface area contributed by atoms with Crippen molar-refractivity contribution in [3.63, 3.8) is 0 Å². The average Bonchev–Trinajstić information content (AvgIpc) is 3.12. The van der Waals surface area contributed by atoms with Gasteiger partial charge in [0.2, 0.25) is 0 Å². The van der Waals surface area contributed by atoms with Gasteiger partial charge in [-0.25, -0.2) is 0 Å². The number of Topliss-reactive ketones (excluding diaryl/α,β-unsaturated/α-hetero) is 1. The van der Waals surface area contributed by atoms with E-state index in [-0.39, 0.29) is 22.8 Å². The SMILES string of the molecule is CCOc1cc(C2/C(=C(\O)c3cccc(OC)c3)C(=O)C(=O)N2c2ccc(C)c(Cl)c2)ccc1O. The molecule has 1 amide bonds. The summed E-state index contributed by atoms with van der Waals surface area (Å²) in [7, 11) is 1.49. The van der Waals surface area contributed by atoms with E-state index in [0.717, 1.165) is 5.56 Å². The van der Waals surface area contributed by atoms with Crippen molar-refractivity contribution in [2.45, 2.75) is 19.9 Å². The molecule has 4 rings (SSSR count). The molecule has 1 atom stereocenters. The molecule has 2 N–H and O–H groups in total. The minimum atomic E-state index is -1.00. The third-order valence-electron chi connectivity index (χ3n) is 5.82. The number of aryl methyl sites for hydroxylation is 1. The second-order valence-electron chi connectivity index (χ2n) is 7.99. The molecule has 180 valence electrons. The molecule has 3 aromatic rings. The topological polar surface area (TPSA) is 96.3 Å². The monoisotopic (exact) mass is 493 g/mol. The zero-order chi connectivity index (χ0) is 25.3. The molecule has 35 heavy (non-hydrogen) atoms. The van der Waals surface area contributed by atoms with E-state index in [4.69, 9.17) is 21.1 Å². The number of nitrogens with zero attached hydrogens (tertiary/aromatic N) is 1. The molecule has 3 aromatic carbocycles. The van der Waals surface area contributed by atoms with Crippen LogP contribution in [0.4, 0.5) is 5.69 Å². The maximum atomic E-state index is 13.3. The zero-order valence-electron chi connectivity index (χ0n) is 19.4. The van der Waals surface area contributed by atoms with Gasteiger partial charge in [-0.3, -0.25) is 14.5 Å². The molecule has 1 fully saturated rings. The molecule has 8 heteroatoms. The van der Waals surface area contributed by atoms with Gasteiger partial charge < -0.3 is 19.7 Å². The third kappa shape index (κ3) is 4.42. The predicted molar refractivity (Wildman–Crippen MR) is 133 cm³/mol. The lowest BCUT2D eigenvalue weighted by Crippen LogP contribution is -2.29. The highest BCUT2D eigenvalue weighted by Gasteiger charge is 2.47. The van der Waals surface area contributed by atoms with Crippen LogP contribution in [-0.4, -0.2) is 35.6 Å². The fourth-order valence-electron chi connectivity index (χ4n) is 4.04. The minimum Gasteiger partial charge on any atom is -0.507 e. The first-order chi connectivity index (χ1) is 16.8. The van der Waals surface area contributed by atoms with Crippen LogP contribution >= 0.6 is 11.6 Å². The summed E-state index contributed by atoms with van der Waals surface area (Å²) < 4.78 is 10.8. The highest BCUT2D eigenvalue weighted by molar-refractivity contribution is 6.51. The number of phenols is 1. The summed E-state index contributed by atoms with van der Waals surface area (Å²) in [6.45, 7) is 3.90. The van der Waals surface area contributed by atoms with Crippen LogP contribution in [-0.2, 0) is 9.59 Å². The first kappa shape index (κ1) is 24.2. The largest absolute Gasteiger partial charge is 0.507 e. The molecule has 1 unspecified atom stereocenters. The van der Waals surface area contributed by atoms with E-state index >= 15 is 0 Å².